The summed E-state index contributed by atoms with van der Waals surface area (Å²) in [5, 5.41) is 11.2. The Kier molecular flexibility index (Phi) is 4.79. The molecule has 1 heterocycles. The second-order valence-corrected chi connectivity index (χ2v) is 4.87. The average Bonchev–Trinajstić information content (AvgIpc) is 2.75. The van der Waals surface area contributed by atoms with Gasteiger partial charge >= 0.3 is 0 Å². The van der Waals surface area contributed by atoms with Crippen molar-refractivity contribution in [2.45, 2.75) is 26.3 Å². The Labute approximate surface area is 113 Å². The first-order valence-electron chi connectivity index (χ1n) is 6.20. The Morgan fingerprint density at radius 2 is 2.28 bits per heavy atom. The maximum Gasteiger partial charge on any atom is 0.0522 e. The SMILES string of the molecule is Cc1[nH]ncc1CCCNCc1cccc(Cl)c1. The maximum absolute atomic E-state index is 5.93. The van der Waals surface area contributed by atoms with E-state index in [-0.39, 0.29) is 0 Å². The molecule has 0 spiro atoms. The van der Waals surface area contributed by atoms with Gasteiger partial charge in [0.1, 0.15) is 0 Å². The van der Waals surface area contributed by atoms with Crippen LogP contribution in [0.15, 0.2) is 30.5 Å². The van der Waals surface area contributed by atoms with Gasteiger partial charge in [-0.15, -0.1) is 0 Å². The monoisotopic (exact) mass is 263 g/mol. The third-order valence-corrected chi connectivity index (χ3v) is 3.19. The van der Waals surface area contributed by atoms with Gasteiger partial charge in [-0.25, -0.2) is 0 Å². The Balaban J connectivity index is 1.66. The summed E-state index contributed by atoms with van der Waals surface area (Å²) in [5.41, 5.74) is 3.70. The minimum Gasteiger partial charge on any atom is -0.313 e. The highest BCUT2D eigenvalue weighted by Crippen LogP contribution is 2.10. The summed E-state index contributed by atoms with van der Waals surface area (Å²) in [4.78, 5) is 0. The minimum atomic E-state index is 0.795. The number of hydrogen-bond donors (Lipinski definition) is 2. The molecule has 2 N–H and O–H groups in total. The van der Waals surface area contributed by atoms with Crippen LogP contribution >= 0.6 is 11.6 Å². The van der Waals surface area contributed by atoms with Crippen molar-refractivity contribution in [1.82, 2.24) is 15.5 Å². The molecule has 0 unspecified atom stereocenters. The van der Waals surface area contributed by atoms with E-state index >= 15 is 0 Å². The zero-order valence-electron chi connectivity index (χ0n) is 10.5. The normalized spacial score (nSPS) is 10.8. The second-order valence-electron chi connectivity index (χ2n) is 4.43. The topological polar surface area (TPSA) is 40.7 Å². The fraction of sp³-hybridized carbons (Fsp3) is 0.357. The molecule has 0 saturated carbocycles. The van der Waals surface area contributed by atoms with Crippen LogP contribution in [0.2, 0.25) is 5.02 Å². The lowest BCUT2D eigenvalue weighted by molar-refractivity contribution is 0.649. The Morgan fingerprint density at radius 1 is 1.39 bits per heavy atom. The van der Waals surface area contributed by atoms with Gasteiger partial charge in [-0.05, 0) is 49.6 Å². The second kappa shape index (κ2) is 6.57. The lowest BCUT2D eigenvalue weighted by Crippen LogP contribution is -2.15. The van der Waals surface area contributed by atoms with Gasteiger partial charge in [-0.2, -0.15) is 5.10 Å². The molecule has 0 atom stereocenters. The van der Waals surface area contributed by atoms with Crippen LogP contribution in [0.4, 0.5) is 0 Å². The number of nitrogens with one attached hydrogen (secondary N) is 2. The van der Waals surface area contributed by atoms with Crippen molar-refractivity contribution < 1.29 is 0 Å². The van der Waals surface area contributed by atoms with Crippen molar-refractivity contribution in [2.75, 3.05) is 6.54 Å². The molecule has 0 saturated heterocycles. The van der Waals surface area contributed by atoms with Gasteiger partial charge < -0.3 is 5.32 Å². The van der Waals surface area contributed by atoms with Crippen LogP contribution in [0.5, 0.6) is 0 Å². The third kappa shape index (κ3) is 3.86. The van der Waals surface area contributed by atoms with Crippen LogP contribution in [0.25, 0.3) is 0 Å². The van der Waals surface area contributed by atoms with E-state index in [4.69, 9.17) is 11.6 Å². The molecule has 4 heteroatoms. The summed E-state index contributed by atoms with van der Waals surface area (Å²) in [6, 6.07) is 7.95. The molecule has 0 aliphatic heterocycles. The Bertz CT molecular complexity index is 493. The van der Waals surface area contributed by atoms with Crippen LogP contribution in [0, 0.1) is 6.92 Å². The molecular formula is C14H18ClN3. The predicted octanol–water partition coefficient (Wildman–Crippen LogP) is 3.09. The number of hydrogen-bond acceptors (Lipinski definition) is 2. The molecule has 0 fully saturated rings. The lowest BCUT2D eigenvalue weighted by Gasteiger charge is -2.05. The van der Waals surface area contributed by atoms with E-state index in [1.807, 2.05) is 24.4 Å². The molecule has 0 radical (unpaired) electrons. The van der Waals surface area contributed by atoms with E-state index in [1.165, 1.54) is 16.8 Å². The summed E-state index contributed by atoms with van der Waals surface area (Å²) in [7, 11) is 0. The molecule has 0 amide bonds. The molecule has 3 nitrogen and oxygen atoms in total. The highest BCUT2D eigenvalue weighted by Gasteiger charge is 1.99. The van der Waals surface area contributed by atoms with E-state index in [2.05, 4.69) is 28.5 Å². The van der Waals surface area contributed by atoms with Crippen LogP contribution < -0.4 is 5.32 Å². The molecule has 2 aromatic rings. The molecule has 96 valence electrons. The van der Waals surface area contributed by atoms with Gasteiger partial charge in [-0.1, -0.05) is 23.7 Å². The van der Waals surface area contributed by atoms with Crippen LogP contribution in [-0.4, -0.2) is 16.7 Å². The molecule has 0 aliphatic rings. The van der Waals surface area contributed by atoms with E-state index in [1.54, 1.807) is 0 Å². The van der Waals surface area contributed by atoms with Crippen molar-refractivity contribution in [3.63, 3.8) is 0 Å². The third-order valence-electron chi connectivity index (χ3n) is 2.95. The number of aromatic nitrogens is 2. The molecule has 2 rings (SSSR count). The van der Waals surface area contributed by atoms with E-state index < -0.39 is 0 Å². The predicted molar refractivity (Wildman–Crippen MR) is 74.8 cm³/mol. The highest BCUT2D eigenvalue weighted by molar-refractivity contribution is 6.30. The molecule has 0 bridgehead atoms. The standard InChI is InChI=1S/C14H18ClN3/c1-11-13(10-17-18-11)5-3-7-16-9-12-4-2-6-14(15)8-12/h2,4,6,8,10,16H,3,5,7,9H2,1H3,(H,17,18). The Morgan fingerprint density at radius 3 is 3.00 bits per heavy atom. The van der Waals surface area contributed by atoms with Crippen molar-refractivity contribution >= 4 is 11.6 Å². The van der Waals surface area contributed by atoms with E-state index in [0.29, 0.717) is 0 Å². The van der Waals surface area contributed by atoms with Crippen LogP contribution in [0.1, 0.15) is 23.2 Å². The summed E-state index contributed by atoms with van der Waals surface area (Å²) < 4.78 is 0. The van der Waals surface area contributed by atoms with E-state index in [0.717, 1.165) is 31.0 Å². The van der Waals surface area contributed by atoms with Gasteiger partial charge in [0.25, 0.3) is 0 Å². The maximum atomic E-state index is 5.93. The van der Waals surface area contributed by atoms with Crippen LogP contribution in [0.3, 0.4) is 0 Å². The summed E-state index contributed by atoms with van der Waals surface area (Å²) in [6.07, 6.45) is 4.08. The first-order valence-corrected chi connectivity index (χ1v) is 6.57. The average molecular weight is 264 g/mol. The summed E-state index contributed by atoms with van der Waals surface area (Å²) >= 11 is 5.93. The number of benzene rings is 1. The molecular weight excluding hydrogens is 246 g/mol. The zero-order valence-corrected chi connectivity index (χ0v) is 11.3. The van der Waals surface area contributed by atoms with Crippen molar-refractivity contribution in [3.8, 4) is 0 Å². The number of halogens is 1. The van der Waals surface area contributed by atoms with Gasteiger partial charge in [0.2, 0.25) is 0 Å². The molecule has 18 heavy (non-hydrogen) atoms. The highest BCUT2D eigenvalue weighted by atomic mass is 35.5. The lowest BCUT2D eigenvalue weighted by atomic mass is 10.1. The van der Waals surface area contributed by atoms with Crippen LogP contribution in [-0.2, 0) is 13.0 Å². The zero-order chi connectivity index (χ0) is 12.8. The first-order chi connectivity index (χ1) is 8.75. The fourth-order valence-corrected chi connectivity index (χ4v) is 2.12. The molecule has 0 aliphatic carbocycles. The smallest absolute Gasteiger partial charge is 0.0522 e. The number of aromatic amines is 1. The fourth-order valence-electron chi connectivity index (χ4n) is 1.91. The largest absolute Gasteiger partial charge is 0.313 e. The van der Waals surface area contributed by atoms with Gasteiger partial charge in [0.05, 0.1) is 6.20 Å². The Hall–Kier alpha value is -1.32. The van der Waals surface area contributed by atoms with Crippen molar-refractivity contribution in [1.29, 1.82) is 0 Å². The number of nitrogens with zero attached hydrogens (tertiary/aromatic N) is 1. The summed E-state index contributed by atoms with van der Waals surface area (Å²) in [6.45, 7) is 3.92. The quantitative estimate of drug-likeness (QED) is 0.787. The van der Waals surface area contributed by atoms with Crippen molar-refractivity contribution in [3.05, 3.63) is 52.3 Å². The van der Waals surface area contributed by atoms with Gasteiger partial charge in [-0.3, -0.25) is 5.10 Å². The van der Waals surface area contributed by atoms with E-state index in [9.17, 15) is 0 Å². The van der Waals surface area contributed by atoms with Gasteiger partial charge in [0.15, 0.2) is 0 Å². The minimum absolute atomic E-state index is 0.795. The van der Waals surface area contributed by atoms with Gasteiger partial charge in [0, 0.05) is 17.3 Å². The summed E-state index contributed by atoms with van der Waals surface area (Å²) in [5.74, 6) is 0. The van der Waals surface area contributed by atoms with Crippen molar-refractivity contribution in [2.24, 2.45) is 0 Å². The number of rotatable bonds is 6. The first kappa shape index (κ1) is 13.1. The number of H-pyrrole nitrogens is 1. The molecule has 1 aromatic carbocycles. The number of aryl methyl sites for hydroxylation is 2. The molecule has 1 aromatic heterocycles.